The minimum atomic E-state index is -0.0260. The zero-order chi connectivity index (χ0) is 21.3. The Labute approximate surface area is 182 Å². The number of aryl methyl sites for hydroxylation is 1. The number of hydrogen-bond acceptors (Lipinski definition) is 5. The fraction of sp³-hybridized carbons (Fsp3) is 0.375. The van der Waals surface area contributed by atoms with Crippen LogP contribution in [-0.4, -0.2) is 33.4 Å². The maximum Gasteiger partial charge on any atom is 0.224 e. The van der Waals surface area contributed by atoms with E-state index < -0.39 is 0 Å². The molecule has 1 aliphatic rings. The number of carbonyl (C=O) groups excluding carboxylic acids is 1. The van der Waals surface area contributed by atoms with Crippen LogP contribution in [0.3, 0.4) is 0 Å². The van der Waals surface area contributed by atoms with Gasteiger partial charge in [-0.3, -0.25) is 4.79 Å². The van der Waals surface area contributed by atoms with Crippen molar-refractivity contribution >= 4 is 11.6 Å². The third kappa shape index (κ3) is 6.57. The first-order valence-electron chi connectivity index (χ1n) is 10.9. The molecule has 0 bridgehead atoms. The molecule has 0 atom stereocenters. The van der Waals surface area contributed by atoms with Crippen LogP contribution in [0.2, 0.25) is 0 Å². The number of nitrogens with one attached hydrogen (secondary N) is 1. The van der Waals surface area contributed by atoms with E-state index in [2.05, 4.69) is 21.5 Å². The van der Waals surface area contributed by atoms with E-state index in [1.54, 1.807) is 11.0 Å². The first kappa shape index (κ1) is 20.9. The molecule has 1 amide bonds. The molecule has 1 fully saturated rings. The molecule has 1 heterocycles. The van der Waals surface area contributed by atoms with Crippen LogP contribution in [0.25, 0.3) is 0 Å². The van der Waals surface area contributed by atoms with Crippen molar-refractivity contribution in [1.29, 1.82) is 0 Å². The Bertz CT molecular complexity index is 968. The molecule has 3 aromatic rings. The van der Waals surface area contributed by atoms with Gasteiger partial charge in [-0.15, -0.1) is 0 Å². The van der Waals surface area contributed by atoms with Gasteiger partial charge in [-0.25, -0.2) is 9.67 Å². The molecule has 0 spiro atoms. The number of hydrogen-bond donors (Lipinski definition) is 1. The van der Waals surface area contributed by atoms with Crippen LogP contribution in [0, 0.1) is 0 Å². The van der Waals surface area contributed by atoms with Crippen molar-refractivity contribution in [2.45, 2.75) is 51.2 Å². The normalized spacial score (nSPS) is 13.8. The van der Waals surface area contributed by atoms with Crippen LogP contribution in [0.1, 0.15) is 37.7 Å². The van der Waals surface area contributed by atoms with Crippen molar-refractivity contribution in [2.75, 3.05) is 11.9 Å². The molecule has 1 aromatic heterocycles. The number of anilines is 1. The van der Waals surface area contributed by atoms with Crippen LogP contribution in [0.15, 0.2) is 61.2 Å². The van der Waals surface area contributed by atoms with Gasteiger partial charge in [0.2, 0.25) is 5.91 Å². The summed E-state index contributed by atoms with van der Waals surface area (Å²) in [5.74, 6) is 1.58. The standard InChI is InChI=1S/C24H28N4O3/c29-24(12-11-19-5-3-10-23(15-19)31-21-7-1-2-8-21)27-20-6-4-9-22(16-20)30-14-13-28-18-25-17-26-28/h3-6,9-10,15-18,21H,1-2,7-8,11-14H2,(H,27,29). The van der Waals surface area contributed by atoms with Gasteiger partial charge >= 0.3 is 0 Å². The lowest BCUT2D eigenvalue weighted by Gasteiger charge is -2.14. The van der Waals surface area contributed by atoms with E-state index in [1.165, 1.54) is 19.2 Å². The molecular formula is C24H28N4O3. The van der Waals surface area contributed by atoms with Gasteiger partial charge in [0.05, 0.1) is 12.6 Å². The minimum Gasteiger partial charge on any atom is -0.492 e. The maximum atomic E-state index is 12.4. The van der Waals surface area contributed by atoms with Crippen molar-refractivity contribution in [2.24, 2.45) is 0 Å². The summed E-state index contributed by atoms with van der Waals surface area (Å²) in [5, 5.41) is 6.99. The molecule has 7 nitrogen and oxygen atoms in total. The number of nitrogens with zero attached hydrogens (tertiary/aromatic N) is 3. The summed E-state index contributed by atoms with van der Waals surface area (Å²) < 4.78 is 13.5. The van der Waals surface area contributed by atoms with Crippen molar-refractivity contribution in [3.8, 4) is 11.5 Å². The molecule has 0 radical (unpaired) electrons. The van der Waals surface area contributed by atoms with Crippen molar-refractivity contribution < 1.29 is 14.3 Å². The molecule has 7 heteroatoms. The molecule has 0 unspecified atom stereocenters. The van der Waals surface area contributed by atoms with Crippen LogP contribution < -0.4 is 14.8 Å². The summed E-state index contributed by atoms with van der Waals surface area (Å²) in [6.45, 7) is 1.08. The quantitative estimate of drug-likeness (QED) is 0.530. The zero-order valence-electron chi connectivity index (χ0n) is 17.6. The summed E-state index contributed by atoms with van der Waals surface area (Å²) in [6, 6.07) is 15.5. The van der Waals surface area contributed by atoms with Gasteiger partial charge in [-0.1, -0.05) is 18.2 Å². The van der Waals surface area contributed by atoms with Crippen molar-refractivity contribution in [3.05, 3.63) is 66.7 Å². The SMILES string of the molecule is O=C(CCc1cccc(OC2CCCC2)c1)Nc1cccc(OCCn2cncn2)c1. The van der Waals surface area contributed by atoms with E-state index in [1.807, 2.05) is 42.5 Å². The lowest BCUT2D eigenvalue weighted by atomic mass is 10.1. The van der Waals surface area contributed by atoms with E-state index in [0.29, 0.717) is 37.8 Å². The van der Waals surface area contributed by atoms with E-state index in [9.17, 15) is 4.79 Å². The highest BCUT2D eigenvalue weighted by molar-refractivity contribution is 5.91. The van der Waals surface area contributed by atoms with Gasteiger partial charge in [-0.05, 0) is 61.9 Å². The second-order valence-corrected chi connectivity index (χ2v) is 7.75. The summed E-state index contributed by atoms with van der Waals surface area (Å²) in [7, 11) is 0. The van der Waals surface area contributed by atoms with Gasteiger partial charge in [0.15, 0.2) is 0 Å². The first-order valence-corrected chi connectivity index (χ1v) is 10.9. The predicted octanol–water partition coefficient (Wildman–Crippen LogP) is 4.25. The fourth-order valence-electron chi connectivity index (χ4n) is 3.72. The highest BCUT2D eigenvalue weighted by atomic mass is 16.5. The third-order valence-corrected chi connectivity index (χ3v) is 5.32. The molecule has 1 N–H and O–H groups in total. The fourth-order valence-corrected chi connectivity index (χ4v) is 3.72. The molecular weight excluding hydrogens is 392 g/mol. The summed E-state index contributed by atoms with van der Waals surface area (Å²) >= 11 is 0. The van der Waals surface area contributed by atoms with Gasteiger partial charge in [0.25, 0.3) is 0 Å². The molecule has 1 saturated carbocycles. The number of ether oxygens (including phenoxy) is 2. The van der Waals surface area contributed by atoms with Gasteiger partial charge in [0, 0.05) is 18.2 Å². The molecule has 1 aliphatic carbocycles. The number of rotatable bonds is 10. The highest BCUT2D eigenvalue weighted by Gasteiger charge is 2.16. The number of amides is 1. The Morgan fingerprint density at radius 1 is 1.10 bits per heavy atom. The Morgan fingerprint density at radius 3 is 2.77 bits per heavy atom. The number of aromatic nitrogens is 3. The molecule has 0 saturated heterocycles. The lowest BCUT2D eigenvalue weighted by molar-refractivity contribution is -0.116. The average molecular weight is 421 g/mol. The van der Waals surface area contributed by atoms with Crippen LogP contribution in [0.5, 0.6) is 11.5 Å². The number of carbonyl (C=O) groups is 1. The average Bonchev–Trinajstić information content (AvgIpc) is 3.47. The van der Waals surface area contributed by atoms with Gasteiger partial charge in [-0.2, -0.15) is 5.10 Å². The monoisotopic (exact) mass is 420 g/mol. The Kier molecular flexibility index (Phi) is 7.16. The summed E-state index contributed by atoms with van der Waals surface area (Å²) in [6.07, 6.45) is 9.32. The lowest BCUT2D eigenvalue weighted by Crippen LogP contribution is -2.13. The van der Waals surface area contributed by atoms with Crippen molar-refractivity contribution in [3.63, 3.8) is 0 Å². The zero-order valence-corrected chi connectivity index (χ0v) is 17.6. The predicted molar refractivity (Wildman–Crippen MR) is 118 cm³/mol. The minimum absolute atomic E-state index is 0.0260. The summed E-state index contributed by atoms with van der Waals surface area (Å²) in [4.78, 5) is 16.3. The van der Waals surface area contributed by atoms with E-state index in [-0.39, 0.29) is 5.91 Å². The second-order valence-electron chi connectivity index (χ2n) is 7.75. The van der Waals surface area contributed by atoms with E-state index >= 15 is 0 Å². The van der Waals surface area contributed by atoms with Crippen LogP contribution in [-0.2, 0) is 17.8 Å². The maximum absolute atomic E-state index is 12.4. The van der Waals surface area contributed by atoms with E-state index in [4.69, 9.17) is 9.47 Å². The molecule has 4 rings (SSSR count). The Balaban J connectivity index is 1.23. The van der Waals surface area contributed by atoms with Crippen LogP contribution in [0.4, 0.5) is 5.69 Å². The van der Waals surface area contributed by atoms with Gasteiger partial charge in [0.1, 0.15) is 30.8 Å². The molecule has 2 aromatic carbocycles. The summed E-state index contributed by atoms with van der Waals surface area (Å²) in [5.41, 5.74) is 1.83. The second kappa shape index (κ2) is 10.6. The van der Waals surface area contributed by atoms with Gasteiger partial charge < -0.3 is 14.8 Å². The molecule has 162 valence electrons. The smallest absolute Gasteiger partial charge is 0.224 e. The highest BCUT2D eigenvalue weighted by Crippen LogP contribution is 2.25. The first-order chi connectivity index (χ1) is 15.2. The third-order valence-electron chi connectivity index (χ3n) is 5.32. The molecule has 0 aliphatic heterocycles. The Hall–Kier alpha value is -3.35. The molecule has 31 heavy (non-hydrogen) atoms. The van der Waals surface area contributed by atoms with Crippen LogP contribution >= 0.6 is 0 Å². The Morgan fingerprint density at radius 2 is 1.94 bits per heavy atom. The van der Waals surface area contributed by atoms with Crippen molar-refractivity contribution in [1.82, 2.24) is 14.8 Å². The largest absolute Gasteiger partial charge is 0.492 e. The number of benzene rings is 2. The topological polar surface area (TPSA) is 78.3 Å². The van der Waals surface area contributed by atoms with E-state index in [0.717, 1.165) is 29.8 Å².